The number of carbonyl (C=O) groups is 1. The fraction of sp³-hybridized carbons (Fsp3) is 0.250. The van der Waals surface area contributed by atoms with Gasteiger partial charge in [0.05, 0.1) is 10.6 Å². The summed E-state index contributed by atoms with van der Waals surface area (Å²) < 4.78 is 5.43. The summed E-state index contributed by atoms with van der Waals surface area (Å²) in [4.78, 5) is 11.3. The molecule has 0 aromatic heterocycles. The van der Waals surface area contributed by atoms with Gasteiger partial charge in [-0.2, -0.15) is 0 Å². The van der Waals surface area contributed by atoms with Crippen molar-refractivity contribution in [2.24, 2.45) is 0 Å². The summed E-state index contributed by atoms with van der Waals surface area (Å²) in [5.74, 6) is 0.491. The molecule has 0 heterocycles. The van der Waals surface area contributed by atoms with E-state index in [-0.39, 0.29) is 12.4 Å². The predicted octanol–water partition coefficient (Wildman–Crippen LogP) is 3.90. The van der Waals surface area contributed by atoms with Crippen LogP contribution >= 0.6 is 23.2 Å². The lowest BCUT2D eigenvalue weighted by Gasteiger charge is -2.09. The summed E-state index contributed by atoms with van der Waals surface area (Å²) in [6.45, 7) is 3.58. The van der Waals surface area contributed by atoms with E-state index < -0.39 is 0 Å². The first kappa shape index (κ1) is 13.1. The summed E-state index contributed by atoms with van der Waals surface area (Å²) >= 11 is 11.1. The maximum absolute atomic E-state index is 11.3. The molecule has 0 aliphatic rings. The Morgan fingerprint density at radius 1 is 1.50 bits per heavy atom. The highest BCUT2D eigenvalue weighted by Gasteiger charge is 2.08. The van der Waals surface area contributed by atoms with Crippen LogP contribution in [0.2, 0.25) is 0 Å². The lowest BCUT2D eigenvalue weighted by Crippen LogP contribution is -2.03. The van der Waals surface area contributed by atoms with Crippen molar-refractivity contribution in [2.75, 3.05) is 6.61 Å². The van der Waals surface area contributed by atoms with Crippen LogP contribution in [0.3, 0.4) is 0 Å². The highest BCUT2D eigenvalue weighted by molar-refractivity contribution is 6.36. The van der Waals surface area contributed by atoms with Crippen LogP contribution in [-0.2, 0) is 0 Å². The van der Waals surface area contributed by atoms with Crippen LogP contribution < -0.4 is 4.74 Å². The number of Topliss-reactive ketones (excluding diaryl/α,β-unsaturated/α-hetero) is 1. The lowest BCUT2D eigenvalue weighted by molar-refractivity contribution is 0.101. The average Bonchev–Trinajstić information content (AvgIpc) is 2.25. The molecule has 1 aromatic rings. The Bertz CT molecular complexity index is 425. The zero-order chi connectivity index (χ0) is 12.1. The van der Waals surface area contributed by atoms with Crippen molar-refractivity contribution in [3.05, 3.63) is 39.9 Å². The summed E-state index contributed by atoms with van der Waals surface area (Å²) in [7, 11) is 0. The normalized spacial score (nSPS) is 11.4. The van der Waals surface area contributed by atoms with Crippen molar-refractivity contribution < 1.29 is 9.53 Å². The third-order valence-corrected chi connectivity index (χ3v) is 2.59. The van der Waals surface area contributed by atoms with Gasteiger partial charge in [0, 0.05) is 5.54 Å². The minimum absolute atomic E-state index is 0.0408. The number of ketones is 1. The second kappa shape index (κ2) is 5.92. The van der Waals surface area contributed by atoms with E-state index in [1.54, 1.807) is 12.1 Å². The van der Waals surface area contributed by atoms with Crippen LogP contribution in [0.5, 0.6) is 5.75 Å². The van der Waals surface area contributed by atoms with E-state index in [2.05, 4.69) is 0 Å². The van der Waals surface area contributed by atoms with Crippen molar-refractivity contribution in [1.82, 2.24) is 0 Å². The van der Waals surface area contributed by atoms with E-state index >= 15 is 0 Å². The van der Waals surface area contributed by atoms with Crippen LogP contribution in [0.4, 0.5) is 0 Å². The van der Waals surface area contributed by atoms with Crippen molar-refractivity contribution in [3.8, 4) is 5.75 Å². The van der Waals surface area contributed by atoms with Gasteiger partial charge in [-0.1, -0.05) is 29.3 Å². The number of rotatable bonds is 4. The minimum Gasteiger partial charge on any atom is -0.487 e. The molecule has 1 aromatic carbocycles. The Morgan fingerprint density at radius 2 is 2.19 bits per heavy atom. The van der Waals surface area contributed by atoms with Gasteiger partial charge >= 0.3 is 0 Å². The van der Waals surface area contributed by atoms with Crippen LogP contribution in [0.1, 0.15) is 22.8 Å². The largest absolute Gasteiger partial charge is 0.487 e. The fourth-order valence-electron chi connectivity index (χ4n) is 1.22. The molecule has 0 amide bonds. The number of hydrogen-bond acceptors (Lipinski definition) is 2. The molecule has 0 atom stereocenters. The highest BCUT2D eigenvalue weighted by Crippen LogP contribution is 2.22. The van der Waals surface area contributed by atoms with Crippen LogP contribution in [0, 0.1) is 6.92 Å². The van der Waals surface area contributed by atoms with Gasteiger partial charge < -0.3 is 4.74 Å². The molecule has 0 saturated carbocycles. The standard InChI is InChI=1S/C12H12Cl2O2/c1-8-3-4-11(9(2)15)12(5-8)16-7-10(14)6-13/h3-6H,7H2,1-2H3. The molecule has 0 unspecified atom stereocenters. The molecule has 0 spiro atoms. The summed E-state index contributed by atoms with van der Waals surface area (Å²) in [6, 6.07) is 5.41. The van der Waals surface area contributed by atoms with E-state index in [4.69, 9.17) is 27.9 Å². The SMILES string of the molecule is CC(=O)c1ccc(C)cc1OCC(Cl)=CCl. The Balaban J connectivity index is 2.92. The molecule has 0 aliphatic heterocycles. The average molecular weight is 259 g/mol. The van der Waals surface area contributed by atoms with E-state index in [1.165, 1.54) is 12.5 Å². The lowest BCUT2D eigenvalue weighted by atomic mass is 10.1. The van der Waals surface area contributed by atoms with Gasteiger partial charge in [0.25, 0.3) is 0 Å². The van der Waals surface area contributed by atoms with Gasteiger partial charge in [-0.3, -0.25) is 4.79 Å². The van der Waals surface area contributed by atoms with Gasteiger partial charge in [-0.05, 0) is 31.5 Å². The molecule has 0 radical (unpaired) electrons. The van der Waals surface area contributed by atoms with Gasteiger partial charge in [0.1, 0.15) is 12.4 Å². The second-order valence-corrected chi connectivity index (χ2v) is 4.10. The number of halogens is 2. The van der Waals surface area contributed by atoms with Crippen molar-refractivity contribution in [1.29, 1.82) is 0 Å². The van der Waals surface area contributed by atoms with Gasteiger partial charge in [0.15, 0.2) is 5.78 Å². The fourth-order valence-corrected chi connectivity index (χ4v) is 1.34. The molecule has 0 N–H and O–H groups in total. The molecule has 0 fully saturated rings. The first-order valence-electron chi connectivity index (χ1n) is 4.73. The minimum atomic E-state index is -0.0408. The molecule has 0 bridgehead atoms. The molecular weight excluding hydrogens is 247 g/mol. The van der Waals surface area contributed by atoms with Crippen molar-refractivity contribution in [3.63, 3.8) is 0 Å². The topological polar surface area (TPSA) is 26.3 Å². The first-order valence-corrected chi connectivity index (χ1v) is 5.55. The Hall–Kier alpha value is -0.990. The van der Waals surface area contributed by atoms with E-state index in [1.807, 2.05) is 13.0 Å². The molecule has 0 saturated heterocycles. The molecule has 4 heteroatoms. The van der Waals surface area contributed by atoms with Gasteiger partial charge in [-0.15, -0.1) is 0 Å². The number of benzene rings is 1. The molecule has 1 rings (SSSR count). The summed E-state index contributed by atoms with van der Waals surface area (Å²) in [5.41, 5.74) is 2.81. The number of ether oxygens (including phenoxy) is 1. The molecule has 2 nitrogen and oxygen atoms in total. The Kier molecular flexibility index (Phi) is 4.84. The third-order valence-electron chi connectivity index (χ3n) is 2.00. The summed E-state index contributed by atoms with van der Waals surface area (Å²) in [6.07, 6.45) is 0. The van der Waals surface area contributed by atoms with Crippen molar-refractivity contribution >= 4 is 29.0 Å². The van der Waals surface area contributed by atoms with Crippen LogP contribution in [0.15, 0.2) is 28.8 Å². The third kappa shape index (κ3) is 3.54. The van der Waals surface area contributed by atoms with Gasteiger partial charge in [0.2, 0.25) is 0 Å². The number of aryl methyl sites for hydroxylation is 1. The zero-order valence-corrected chi connectivity index (χ0v) is 10.6. The smallest absolute Gasteiger partial charge is 0.163 e. The monoisotopic (exact) mass is 258 g/mol. The highest BCUT2D eigenvalue weighted by atomic mass is 35.5. The molecular formula is C12H12Cl2O2. The number of hydrogen-bond donors (Lipinski definition) is 0. The Labute approximate surface area is 105 Å². The maximum Gasteiger partial charge on any atom is 0.163 e. The predicted molar refractivity (Wildman–Crippen MR) is 66.5 cm³/mol. The second-order valence-electron chi connectivity index (χ2n) is 3.40. The van der Waals surface area contributed by atoms with E-state index in [9.17, 15) is 4.79 Å². The first-order chi connectivity index (χ1) is 7.54. The summed E-state index contributed by atoms with van der Waals surface area (Å²) in [5, 5.41) is 0.387. The van der Waals surface area contributed by atoms with Gasteiger partial charge in [-0.25, -0.2) is 0 Å². The number of carbonyl (C=O) groups excluding carboxylic acids is 1. The molecule has 0 aliphatic carbocycles. The van der Waals surface area contributed by atoms with E-state index in [0.717, 1.165) is 5.56 Å². The van der Waals surface area contributed by atoms with Crippen LogP contribution in [0.25, 0.3) is 0 Å². The maximum atomic E-state index is 11.3. The quantitative estimate of drug-likeness (QED) is 0.766. The zero-order valence-electron chi connectivity index (χ0n) is 9.09. The van der Waals surface area contributed by atoms with Crippen molar-refractivity contribution in [2.45, 2.75) is 13.8 Å². The Morgan fingerprint density at radius 3 is 2.75 bits per heavy atom. The molecule has 86 valence electrons. The van der Waals surface area contributed by atoms with Crippen LogP contribution in [-0.4, -0.2) is 12.4 Å². The van der Waals surface area contributed by atoms with E-state index in [0.29, 0.717) is 16.3 Å². The molecule has 16 heavy (non-hydrogen) atoms.